The molecule has 0 aromatic carbocycles. The number of aromatic nitrogens is 3. The van der Waals surface area contributed by atoms with Gasteiger partial charge in [0.15, 0.2) is 0 Å². The smallest absolute Gasteiger partial charge is 0.220 e. The minimum Gasteiger partial charge on any atom is -0.368 e. The van der Waals surface area contributed by atoms with Crippen molar-refractivity contribution in [3.63, 3.8) is 0 Å². The van der Waals surface area contributed by atoms with Gasteiger partial charge in [-0.1, -0.05) is 24.1 Å². The summed E-state index contributed by atoms with van der Waals surface area (Å²) in [6.07, 6.45) is 2.46. The normalized spacial score (nSPS) is 10.4. The predicted molar refractivity (Wildman–Crippen MR) is 54.0 cm³/mol. The van der Waals surface area contributed by atoms with E-state index in [0.717, 1.165) is 5.75 Å². The fourth-order valence-corrected chi connectivity index (χ4v) is 2.55. The highest BCUT2D eigenvalue weighted by molar-refractivity contribution is 8.76. The number of unbranched alkanes of at least 4 members (excludes halogenated alkanes) is 1. The molecule has 0 saturated carbocycles. The van der Waals surface area contributed by atoms with E-state index in [9.17, 15) is 0 Å². The standard InChI is InChI=1S/C6H12N4S2/c1-2-3-4-11-12-6-8-5(7)9-10-6/h2-4H2,1H3,(H3,7,8,9,10). The van der Waals surface area contributed by atoms with E-state index in [-0.39, 0.29) is 0 Å². The Bertz CT molecular complexity index is 225. The number of nitrogens with one attached hydrogen (secondary N) is 1. The maximum Gasteiger partial charge on any atom is 0.220 e. The molecule has 68 valence electrons. The molecule has 0 amide bonds. The van der Waals surface area contributed by atoms with Crippen LogP contribution in [0.15, 0.2) is 5.16 Å². The molecule has 0 aliphatic heterocycles. The third kappa shape index (κ3) is 3.36. The minimum absolute atomic E-state index is 0.383. The van der Waals surface area contributed by atoms with Crippen molar-refractivity contribution < 1.29 is 0 Å². The summed E-state index contributed by atoms with van der Waals surface area (Å²) in [5.41, 5.74) is 5.36. The third-order valence-electron chi connectivity index (χ3n) is 1.20. The molecule has 0 bridgehead atoms. The molecule has 0 aliphatic carbocycles. The van der Waals surface area contributed by atoms with Crippen LogP contribution in [0, 0.1) is 0 Å². The summed E-state index contributed by atoms with van der Waals surface area (Å²) >= 11 is 0. The number of aromatic amines is 1. The number of H-pyrrole nitrogens is 1. The molecular formula is C6H12N4S2. The second-order valence-corrected chi connectivity index (χ2v) is 4.64. The number of nitrogens with zero attached hydrogens (tertiary/aromatic N) is 2. The van der Waals surface area contributed by atoms with Crippen molar-refractivity contribution in [1.29, 1.82) is 0 Å². The fourth-order valence-electron chi connectivity index (χ4n) is 0.593. The van der Waals surface area contributed by atoms with Gasteiger partial charge in [-0.3, -0.25) is 0 Å². The maximum absolute atomic E-state index is 5.36. The highest BCUT2D eigenvalue weighted by Gasteiger charge is 1.99. The summed E-state index contributed by atoms with van der Waals surface area (Å²) < 4.78 is 0. The van der Waals surface area contributed by atoms with Gasteiger partial charge in [0.25, 0.3) is 0 Å². The van der Waals surface area contributed by atoms with Crippen LogP contribution in [0.5, 0.6) is 0 Å². The molecule has 1 rings (SSSR count). The summed E-state index contributed by atoms with van der Waals surface area (Å²) in [7, 11) is 3.32. The van der Waals surface area contributed by atoms with Gasteiger partial charge in [0.2, 0.25) is 11.1 Å². The van der Waals surface area contributed by atoms with Gasteiger partial charge in [0.1, 0.15) is 0 Å². The molecule has 3 N–H and O–H groups in total. The van der Waals surface area contributed by atoms with Crippen LogP contribution in [0.4, 0.5) is 5.95 Å². The molecule has 1 heterocycles. The zero-order valence-corrected chi connectivity index (χ0v) is 8.54. The lowest BCUT2D eigenvalue weighted by molar-refractivity contribution is 0.898. The van der Waals surface area contributed by atoms with Crippen LogP contribution in [0.1, 0.15) is 19.8 Å². The zero-order valence-electron chi connectivity index (χ0n) is 6.91. The lowest BCUT2D eigenvalue weighted by Crippen LogP contribution is -1.84. The highest BCUT2D eigenvalue weighted by atomic mass is 33.1. The molecule has 1 aromatic heterocycles. The number of nitrogen functional groups attached to an aromatic ring is 1. The van der Waals surface area contributed by atoms with E-state index in [4.69, 9.17) is 5.73 Å². The van der Waals surface area contributed by atoms with Gasteiger partial charge in [-0.05, 0) is 17.2 Å². The van der Waals surface area contributed by atoms with E-state index in [2.05, 4.69) is 22.1 Å². The Hall–Kier alpha value is -0.360. The van der Waals surface area contributed by atoms with Crippen LogP contribution >= 0.6 is 21.6 Å². The molecule has 4 nitrogen and oxygen atoms in total. The first kappa shape index (κ1) is 9.73. The van der Waals surface area contributed by atoms with E-state index < -0.39 is 0 Å². The zero-order chi connectivity index (χ0) is 8.81. The Morgan fingerprint density at radius 3 is 3.00 bits per heavy atom. The van der Waals surface area contributed by atoms with Gasteiger partial charge in [-0.25, -0.2) is 5.10 Å². The Morgan fingerprint density at radius 2 is 2.42 bits per heavy atom. The van der Waals surface area contributed by atoms with Gasteiger partial charge in [0, 0.05) is 5.75 Å². The molecule has 0 radical (unpaired) electrons. The van der Waals surface area contributed by atoms with E-state index in [0.29, 0.717) is 11.1 Å². The SMILES string of the molecule is CCCCSSc1n[nH]c(N)n1. The second-order valence-electron chi connectivity index (χ2n) is 2.26. The number of hydrogen-bond donors (Lipinski definition) is 2. The molecule has 6 heteroatoms. The van der Waals surface area contributed by atoms with Crippen LogP contribution in [-0.2, 0) is 0 Å². The van der Waals surface area contributed by atoms with Crippen LogP contribution in [-0.4, -0.2) is 20.9 Å². The van der Waals surface area contributed by atoms with Crippen molar-refractivity contribution in [3.8, 4) is 0 Å². The number of nitrogens with two attached hydrogens (primary N) is 1. The Balaban J connectivity index is 2.15. The van der Waals surface area contributed by atoms with Crippen LogP contribution in [0.3, 0.4) is 0 Å². The van der Waals surface area contributed by atoms with Gasteiger partial charge in [-0.2, -0.15) is 4.98 Å². The maximum atomic E-state index is 5.36. The monoisotopic (exact) mass is 204 g/mol. The van der Waals surface area contributed by atoms with E-state index in [1.165, 1.54) is 12.8 Å². The fraction of sp³-hybridized carbons (Fsp3) is 0.667. The third-order valence-corrected chi connectivity index (χ3v) is 3.40. The lowest BCUT2D eigenvalue weighted by atomic mass is 10.4. The molecule has 0 atom stereocenters. The molecular weight excluding hydrogens is 192 g/mol. The summed E-state index contributed by atoms with van der Waals surface area (Å²) in [5.74, 6) is 1.52. The van der Waals surface area contributed by atoms with Crippen molar-refractivity contribution in [1.82, 2.24) is 15.2 Å². The van der Waals surface area contributed by atoms with E-state index >= 15 is 0 Å². The molecule has 0 unspecified atom stereocenters. The first-order chi connectivity index (χ1) is 5.83. The summed E-state index contributed by atoms with van der Waals surface area (Å²) in [6, 6.07) is 0. The van der Waals surface area contributed by atoms with Gasteiger partial charge < -0.3 is 5.73 Å². The predicted octanol–water partition coefficient (Wildman–Crippen LogP) is 1.93. The van der Waals surface area contributed by atoms with E-state index in [1.54, 1.807) is 21.6 Å². The van der Waals surface area contributed by atoms with Gasteiger partial charge >= 0.3 is 0 Å². The second kappa shape index (κ2) is 5.31. The van der Waals surface area contributed by atoms with Gasteiger partial charge in [0.05, 0.1) is 0 Å². The Labute approximate surface area is 79.5 Å². The van der Waals surface area contributed by atoms with E-state index in [1.807, 2.05) is 0 Å². The molecule has 0 saturated heterocycles. The van der Waals surface area contributed by atoms with Crippen molar-refractivity contribution in [2.45, 2.75) is 24.9 Å². The molecule has 0 aliphatic rings. The van der Waals surface area contributed by atoms with Crippen LogP contribution in [0.25, 0.3) is 0 Å². The van der Waals surface area contributed by atoms with Crippen LogP contribution < -0.4 is 5.73 Å². The Morgan fingerprint density at radius 1 is 1.58 bits per heavy atom. The number of rotatable bonds is 5. The van der Waals surface area contributed by atoms with Crippen molar-refractivity contribution in [2.24, 2.45) is 0 Å². The molecule has 12 heavy (non-hydrogen) atoms. The average molecular weight is 204 g/mol. The summed E-state index contributed by atoms with van der Waals surface area (Å²) in [6.45, 7) is 2.18. The summed E-state index contributed by atoms with van der Waals surface area (Å²) in [5, 5.41) is 7.20. The van der Waals surface area contributed by atoms with Crippen molar-refractivity contribution in [3.05, 3.63) is 0 Å². The summed E-state index contributed by atoms with van der Waals surface area (Å²) in [4.78, 5) is 3.96. The number of hydrogen-bond acceptors (Lipinski definition) is 5. The highest BCUT2D eigenvalue weighted by Crippen LogP contribution is 2.28. The lowest BCUT2D eigenvalue weighted by Gasteiger charge is -1.93. The quantitative estimate of drug-likeness (QED) is 0.566. The van der Waals surface area contributed by atoms with Crippen LogP contribution in [0.2, 0.25) is 0 Å². The van der Waals surface area contributed by atoms with Gasteiger partial charge in [-0.15, -0.1) is 5.10 Å². The molecule has 1 aromatic rings. The topological polar surface area (TPSA) is 67.6 Å². The molecule has 0 fully saturated rings. The largest absolute Gasteiger partial charge is 0.368 e. The average Bonchev–Trinajstić information content (AvgIpc) is 2.45. The van der Waals surface area contributed by atoms with Crippen molar-refractivity contribution >= 4 is 27.5 Å². The minimum atomic E-state index is 0.383. The first-order valence-corrected chi connectivity index (χ1v) is 6.12. The molecule has 0 spiro atoms. The Kier molecular flexibility index (Phi) is 4.31. The number of anilines is 1. The van der Waals surface area contributed by atoms with Crippen molar-refractivity contribution in [2.75, 3.05) is 11.5 Å². The first-order valence-electron chi connectivity index (χ1n) is 3.80.